The molecule has 0 bridgehead atoms. The van der Waals surface area contributed by atoms with E-state index in [1.54, 1.807) is 31.2 Å². The predicted molar refractivity (Wildman–Crippen MR) is 75.0 cm³/mol. The summed E-state index contributed by atoms with van der Waals surface area (Å²) in [5.41, 5.74) is 0.537. The number of ether oxygens (including phenoxy) is 1. The first kappa shape index (κ1) is 13.9. The molecule has 0 atom stereocenters. The molecule has 0 aliphatic heterocycles. The average Bonchev–Trinajstić information content (AvgIpc) is 2.34. The molecular weight excluding hydrogens is 311 g/mol. The number of aromatic nitrogens is 2. The van der Waals surface area contributed by atoms with Crippen molar-refractivity contribution in [1.82, 2.24) is 9.97 Å². The van der Waals surface area contributed by atoms with Gasteiger partial charge in [-0.15, -0.1) is 0 Å². The minimum absolute atomic E-state index is 0.167. The van der Waals surface area contributed by atoms with Gasteiger partial charge in [-0.1, -0.05) is 26.0 Å². The molecule has 19 heavy (non-hydrogen) atoms. The second-order valence-corrected chi connectivity index (χ2v) is 5.34. The van der Waals surface area contributed by atoms with Gasteiger partial charge >= 0.3 is 0 Å². The Labute approximate surface area is 120 Å². The third-order valence-corrected chi connectivity index (χ3v) is 2.98. The number of rotatable bonds is 3. The second-order valence-electron chi connectivity index (χ2n) is 4.53. The molecule has 0 saturated heterocycles. The molecule has 1 heterocycles. The lowest BCUT2D eigenvalue weighted by atomic mass is 10.2. The Morgan fingerprint density at radius 2 is 2.00 bits per heavy atom. The van der Waals surface area contributed by atoms with Crippen LogP contribution in [-0.4, -0.2) is 9.97 Å². The van der Waals surface area contributed by atoms with Crippen molar-refractivity contribution in [1.29, 1.82) is 0 Å². The number of benzene rings is 1. The van der Waals surface area contributed by atoms with Crippen molar-refractivity contribution in [2.45, 2.75) is 26.7 Å². The minimum Gasteiger partial charge on any atom is -0.436 e. The summed E-state index contributed by atoms with van der Waals surface area (Å²) >= 11 is 3.30. The van der Waals surface area contributed by atoms with Crippen molar-refractivity contribution >= 4 is 15.9 Å². The van der Waals surface area contributed by atoms with Gasteiger partial charge in [0.25, 0.3) is 0 Å². The van der Waals surface area contributed by atoms with E-state index < -0.39 is 0 Å². The van der Waals surface area contributed by atoms with E-state index in [2.05, 4.69) is 25.9 Å². The van der Waals surface area contributed by atoms with Crippen LogP contribution in [0.15, 0.2) is 28.9 Å². The smallest absolute Gasteiger partial charge is 0.223 e. The summed E-state index contributed by atoms with van der Waals surface area (Å²) in [5.74, 6) is 0.943. The fraction of sp³-hybridized carbons (Fsp3) is 0.286. The zero-order chi connectivity index (χ0) is 14.0. The lowest BCUT2D eigenvalue weighted by Crippen LogP contribution is -2.00. The Morgan fingerprint density at radius 1 is 1.26 bits per heavy atom. The monoisotopic (exact) mass is 324 g/mol. The highest BCUT2D eigenvalue weighted by molar-refractivity contribution is 9.10. The van der Waals surface area contributed by atoms with Gasteiger partial charge in [0.15, 0.2) is 11.6 Å². The van der Waals surface area contributed by atoms with E-state index in [0.29, 0.717) is 21.9 Å². The van der Waals surface area contributed by atoms with Crippen LogP contribution in [0.2, 0.25) is 0 Å². The quantitative estimate of drug-likeness (QED) is 0.774. The van der Waals surface area contributed by atoms with Gasteiger partial charge < -0.3 is 4.74 Å². The maximum absolute atomic E-state index is 13.9. The zero-order valence-electron chi connectivity index (χ0n) is 10.9. The van der Waals surface area contributed by atoms with Crippen molar-refractivity contribution in [2.75, 3.05) is 0 Å². The molecular formula is C14H14BrFN2O. The summed E-state index contributed by atoms with van der Waals surface area (Å²) in [4.78, 5) is 8.52. The molecule has 5 heteroatoms. The van der Waals surface area contributed by atoms with Gasteiger partial charge in [-0.05, 0) is 34.5 Å². The van der Waals surface area contributed by atoms with Crippen molar-refractivity contribution in [3.8, 4) is 11.6 Å². The normalized spacial score (nSPS) is 10.8. The minimum atomic E-state index is -0.372. The fourth-order valence-electron chi connectivity index (χ4n) is 1.54. The second kappa shape index (κ2) is 5.65. The molecule has 2 aromatic rings. The van der Waals surface area contributed by atoms with Crippen molar-refractivity contribution < 1.29 is 9.13 Å². The van der Waals surface area contributed by atoms with Crippen LogP contribution in [0.5, 0.6) is 11.6 Å². The average molecular weight is 325 g/mol. The van der Waals surface area contributed by atoms with Crippen LogP contribution in [0.1, 0.15) is 31.2 Å². The Balaban J connectivity index is 2.35. The van der Waals surface area contributed by atoms with Crippen molar-refractivity contribution in [2.24, 2.45) is 0 Å². The van der Waals surface area contributed by atoms with Gasteiger partial charge in [0, 0.05) is 12.0 Å². The summed E-state index contributed by atoms with van der Waals surface area (Å²) in [7, 11) is 0. The van der Waals surface area contributed by atoms with Gasteiger partial charge in [0.1, 0.15) is 10.4 Å². The van der Waals surface area contributed by atoms with Crippen molar-refractivity contribution in [3.63, 3.8) is 0 Å². The number of hydrogen-bond donors (Lipinski definition) is 0. The molecule has 0 aliphatic carbocycles. The lowest BCUT2D eigenvalue weighted by molar-refractivity contribution is 0.421. The molecule has 0 spiro atoms. The van der Waals surface area contributed by atoms with E-state index >= 15 is 0 Å². The molecule has 0 unspecified atom stereocenters. The van der Waals surface area contributed by atoms with E-state index in [-0.39, 0.29) is 17.5 Å². The lowest BCUT2D eigenvalue weighted by Gasteiger charge is -2.10. The largest absolute Gasteiger partial charge is 0.436 e. The molecule has 0 radical (unpaired) electrons. The number of hydrogen-bond acceptors (Lipinski definition) is 3. The summed E-state index contributed by atoms with van der Waals surface area (Å²) in [6, 6.07) is 6.63. The van der Waals surface area contributed by atoms with Crippen LogP contribution in [0.4, 0.5) is 4.39 Å². The van der Waals surface area contributed by atoms with Gasteiger partial charge in [0.2, 0.25) is 5.88 Å². The van der Waals surface area contributed by atoms with Crippen LogP contribution in [0.3, 0.4) is 0 Å². The zero-order valence-corrected chi connectivity index (χ0v) is 12.5. The van der Waals surface area contributed by atoms with Crippen molar-refractivity contribution in [3.05, 3.63) is 46.1 Å². The number of aryl methyl sites for hydroxylation is 1. The fourth-order valence-corrected chi connectivity index (χ4v) is 1.91. The molecule has 0 N–H and O–H groups in total. The summed E-state index contributed by atoms with van der Waals surface area (Å²) in [5, 5.41) is 0. The molecule has 2 rings (SSSR count). The van der Waals surface area contributed by atoms with Crippen LogP contribution in [-0.2, 0) is 0 Å². The first-order valence-electron chi connectivity index (χ1n) is 5.95. The van der Waals surface area contributed by atoms with E-state index in [4.69, 9.17) is 4.74 Å². The highest BCUT2D eigenvalue weighted by atomic mass is 79.9. The summed E-state index contributed by atoms with van der Waals surface area (Å²) in [6.45, 7) is 5.66. The van der Waals surface area contributed by atoms with Crippen LogP contribution in [0, 0.1) is 12.7 Å². The Morgan fingerprint density at radius 3 is 2.68 bits per heavy atom. The van der Waals surface area contributed by atoms with E-state index in [1.807, 2.05) is 13.8 Å². The van der Waals surface area contributed by atoms with Crippen LogP contribution in [0.25, 0.3) is 0 Å². The van der Waals surface area contributed by atoms with Gasteiger partial charge in [-0.3, -0.25) is 0 Å². The molecule has 0 aliphatic rings. The summed E-state index contributed by atoms with van der Waals surface area (Å²) < 4.78 is 20.0. The van der Waals surface area contributed by atoms with Gasteiger partial charge in [-0.25, -0.2) is 9.37 Å². The third-order valence-electron chi connectivity index (χ3n) is 2.58. The SMILES string of the molecule is Cc1cccc(Oc2cc(Br)nc(C(C)C)n2)c1F. The van der Waals surface area contributed by atoms with E-state index in [9.17, 15) is 4.39 Å². The molecule has 0 saturated carbocycles. The molecule has 0 amide bonds. The Kier molecular flexibility index (Phi) is 4.14. The standard InChI is InChI=1S/C14H14BrFN2O/c1-8(2)14-17-11(15)7-12(18-14)19-10-6-4-5-9(3)13(10)16/h4-8H,1-3H3. The Bertz CT molecular complexity index is 602. The predicted octanol–water partition coefficient (Wildman–Crippen LogP) is 4.60. The number of halogens is 2. The van der Waals surface area contributed by atoms with E-state index in [0.717, 1.165) is 0 Å². The maximum atomic E-state index is 13.9. The summed E-state index contributed by atoms with van der Waals surface area (Å²) in [6.07, 6.45) is 0. The first-order valence-corrected chi connectivity index (χ1v) is 6.74. The number of nitrogens with zero attached hydrogens (tertiary/aromatic N) is 2. The maximum Gasteiger partial charge on any atom is 0.223 e. The Hall–Kier alpha value is -1.49. The molecule has 1 aromatic carbocycles. The van der Waals surface area contributed by atoms with Crippen LogP contribution >= 0.6 is 15.9 Å². The third kappa shape index (κ3) is 3.29. The molecule has 1 aromatic heterocycles. The first-order chi connectivity index (χ1) is 8.97. The molecule has 3 nitrogen and oxygen atoms in total. The van der Waals surface area contributed by atoms with Crippen LogP contribution < -0.4 is 4.74 Å². The van der Waals surface area contributed by atoms with Gasteiger partial charge in [0.05, 0.1) is 0 Å². The van der Waals surface area contributed by atoms with E-state index in [1.165, 1.54) is 0 Å². The highest BCUT2D eigenvalue weighted by Gasteiger charge is 2.11. The topological polar surface area (TPSA) is 35.0 Å². The van der Waals surface area contributed by atoms with Gasteiger partial charge in [-0.2, -0.15) is 4.98 Å². The highest BCUT2D eigenvalue weighted by Crippen LogP contribution is 2.27. The molecule has 100 valence electrons. The molecule has 0 fully saturated rings.